The van der Waals surface area contributed by atoms with Crippen LogP contribution < -0.4 is 5.32 Å². The molecule has 254 valence electrons. The Morgan fingerprint density at radius 1 is 1.02 bits per heavy atom. The molecule has 2 N–H and O–H groups in total. The molecule has 1 saturated heterocycles. The fourth-order valence-corrected chi connectivity index (χ4v) is 7.72. The number of hydrogen-bond acceptors (Lipinski definition) is 8. The molecule has 8 rings (SSSR count). The third-order valence-corrected chi connectivity index (χ3v) is 10.7. The molecule has 0 radical (unpaired) electrons. The highest BCUT2D eigenvalue weighted by molar-refractivity contribution is 6.03. The number of hydrogen-bond donors (Lipinski definition) is 2. The summed E-state index contributed by atoms with van der Waals surface area (Å²) in [4.78, 5) is 39.3. The number of aromatic nitrogens is 3. The number of carbonyl (C=O) groups is 2. The van der Waals surface area contributed by atoms with Crippen LogP contribution in [-0.2, 0) is 31.4 Å². The first-order valence-corrected chi connectivity index (χ1v) is 17.3. The first kappa shape index (κ1) is 31.9. The van der Waals surface area contributed by atoms with E-state index in [-0.39, 0.29) is 11.8 Å². The zero-order valence-electron chi connectivity index (χ0n) is 28.5. The summed E-state index contributed by atoms with van der Waals surface area (Å²) in [5.41, 5.74) is 9.82. The van der Waals surface area contributed by atoms with Crippen molar-refractivity contribution in [3.63, 3.8) is 0 Å². The molecule has 1 amide bonds. The van der Waals surface area contributed by atoms with E-state index in [0.29, 0.717) is 60.5 Å². The van der Waals surface area contributed by atoms with Gasteiger partial charge in [0.2, 0.25) is 5.89 Å². The van der Waals surface area contributed by atoms with Gasteiger partial charge in [0, 0.05) is 62.6 Å². The maximum atomic E-state index is 13.6. The molecule has 1 unspecified atom stereocenters. The van der Waals surface area contributed by atoms with E-state index >= 15 is 0 Å². The Bertz CT molecular complexity index is 2220. The van der Waals surface area contributed by atoms with E-state index in [0.717, 1.165) is 70.0 Å². The second-order valence-electron chi connectivity index (χ2n) is 13.9. The molecular formula is C39H39N7O4. The minimum atomic E-state index is -0.770. The number of rotatable bonds is 8. The van der Waals surface area contributed by atoms with Crippen molar-refractivity contribution in [1.29, 1.82) is 5.26 Å². The fraction of sp³-hybridized carbons (Fsp3) is 0.359. The number of amides is 1. The number of oxazole rings is 1. The van der Waals surface area contributed by atoms with Gasteiger partial charge in [0.15, 0.2) is 11.4 Å². The van der Waals surface area contributed by atoms with E-state index in [1.54, 1.807) is 6.07 Å². The van der Waals surface area contributed by atoms with Gasteiger partial charge in [0.1, 0.15) is 11.6 Å². The lowest BCUT2D eigenvalue weighted by Crippen LogP contribution is -2.32. The number of nitrogens with one attached hydrogen (secondary N) is 1. The average Bonchev–Trinajstić information content (AvgIpc) is 3.55. The molecule has 1 aliphatic carbocycles. The number of nitriles is 1. The molecule has 0 bridgehead atoms. The average molecular weight is 670 g/mol. The molecule has 11 nitrogen and oxygen atoms in total. The zero-order valence-corrected chi connectivity index (χ0v) is 28.5. The zero-order chi connectivity index (χ0) is 34.7. The third-order valence-electron chi connectivity index (χ3n) is 10.7. The highest BCUT2D eigenvalue weighted by Gasteiger charge is 2.34. The SMILES string of the molecule is Cc1c(NC(=O)c2nc3c(n2C)CCN(C2CC2)C3)cccc1-c1cccc(-c2nc3cc(CN4CCC(C(=O)O)C4)cc(C#N)c3o2)c1C. The summed E-state index contributed by atoms with van der Waals surface area (Å²) in [7, 11) is 1.93. The molecule has 50 heavy (non-hydrogen) atoms. The van der Waals surface area contributed by atoms with Crippen molar-refractivity contribution in [2.45, 2.75) is 58.7 Å². The molecule has 5 aromatic rings. The minimum absolute atomic E-state index is 0.226. The summed E-state index contributed by atoms with van der Waals surface area (Å²) < 4.78 is 8.20. The van der Waals surface area contributed by atoms with Gasteiger partial charge >= 0.3 is 5.97 Å². The van der Waals surface area contributed by atoms with Crippen molar-refractivity contribution in [3.05, 3.63) is 88.0 Å². The Hall–Kier alpha value is -5.31. The van der Waals surface area contributed by atoms with Crippen molar-refractivity contribution in [2.75, 3.05) is 25.0 Å². The quantitative estimate of drug-likeness (QED) is 0.202. The van der Waals surface area contributed by atoms with Crippen LogP contribution in [0, 0.1) is 31.1 Å². The van der Waals surface area contributed by atoms with Gasteiger partial charge in [0.25, 0.3) is 5.91 Å². The largest absolute Gasteiger partial charge is 0.481 e. The normalized spacial score (nSPS) is 17.9. The van der Waals surface area contributed by atoms with Crippen molar-refractivity contribution in [1.82, 2.24) is 24.3 Å². The number of nitrogens with zero attached hydrogens (tertiary/aromatic N) is 6. The molecule has 2 aliphatic heterocycles. The van der Waals surface area contributed by atoms with Crippen LogP contribution in [-0.4, -0.2) is 67.0 Å². The van der Waals surface area contributed by atoms with Gasteiger partial charge in [-0.1, -0.05) is 24.3 Å². The molecule has 4 heterocycles. The van der Waals surface area contributed by atoms with Crippen molar-refractivity contribution in [2.24, 2.45) is 13.0 Å². The Morgan fingerprint density at radius 2 is 1.78 bits per heavy atom. The van der Waals surface area contributed by atoms with Gasteiger partial charge in [-0.3, -0.25) is 19.4 Å². The summed E-state index contributed by atoms with van der Waals surface area (Å²) in [6.45, 7) is 7.57. The summed E-state index contributed by atoms with van der Waals surface area (Å²) >= 11 is 0. The molecule has 1 atom stereocenters. The van der Waals surface area contributed by atoms with Crippen LogP contribution in [0.25, 0.3) is 33.7 Å². The molecular weight excluding hydrogens is 630 g/mol. The van der Waals surface area contributed by atoms with Gasteiger partial charge in [-0.15, -0.1) is 0 Å². The number of carboxylic acid groups (broad SMARTS) is 1. The Morgan fingerprint density at radius 3 is 2.52 bits per heavy atom. The molecule has 2 fully saturated rings. The number of benzene rings is 3. The summed E-state index contributed by atoms with van der Waals surface area (Å²) in [5, 5.41) is 22.5. The van der Waals surface area contributed by atoms with Crippen molar-refractivity contribution >= 4 is 28.7 Å². The predicted octanol–water partition coefficient (Wildman–Crippen LogP) is 6.06. The van der Waals surface area contributed by atoms with E-state index in [1.807, 2.05) is 67.9 Å². The van der Waals surface area contributed by atoms with E-state index in [2.05, 4.69) is 21.2 Å². The van der Waals surface area contributed by atoms with Gasteiger partial charge in [-0.2, -0.15) is 5.26 Å². The predicted molar refractivity (Wildman–Crippen MR) is 188 cm³/mol. The number of carboxylic acids is 1. The van der Waals surface area contributed by atoms with Gasteiger partial charge in [-0.05, 0) is 91.7 Å². The Kier molecular flexibility index (Phi) is 8.01. The fourth-order valence-electron chi connectivity index (χ4n) is 7.72. The highest BCUT2D eigenvalue weighted by Crippen LogP contribution is 2.37. The van der Waals surface area contributed by atoms with Crippen LogP contribution in [0.15, 0.2) is 52.9 Å². The lowest BCUT2D eigenvalue weighted by Gasteiger charge is -2.26. The minimum Gasteiger partial charge on any atom is -0.481 e. The highest BCUT2D eigenvalue weighted by atomic mass is 16.4. The molecule has 1 saturated carbocycles. The number of fused-ring (bicyclic) bond motifs is 2. The molecule has 0 spiro atoms. The van der Waals surface area contributed by atoms with E-state index < -0.39 is 5.97 Å². The maximum absolute atomic E-state index is 13.6. The number of likely N-dealkylation sites (tertiary alicyclic amines) is 1. The van der Waals surface area contributed by atoms with E-state index in [4.69, 9.17) is 14.4 Å². The summed E-state index contributed by atoms with van der Waals surface area (Å²) in [6.07, 6.45) is 4.03. The lowest BCUT2D eigenvalue weighted by atomic mass is 9.93. The van der Waals surface area contributed by atoms with Crippen LogP contribution in [0.3, 0.4) is 0 Å². The Balaban J connectivity index is 1.06. The summed E-state index contributed by atoms with van der Waals surface area (Å²) in [5.74, 6) is -0.518. The standard InChI is InChI=1S/C39H39N7O4/c1-22-28(29-7-5-9-31(23(29)2)42-37(47)36-41-33-21-46(27-10-11-27)15-13-34(33)44(36)3)6-4-8-30(22)38-43-32-17-24(16-26(18-40)35(32)50-38)19-45-14-12-25(20-45)39(48)49/h4-9,16-17,25,27H,10-15,19-21H2,1-3H3,(H,42,47)(H,48,49). The second kappa shape index (κ2) is 12.5. The molecule has 3 aromatic carbocycles. The molecule has 2 aromatic heterocycles. The van der Waals surface area contributed by atoms with Crippen LogP contribution in [0.1, 0.15) is 63.5 Å². The lowest BCUT2D eigenvalue weighted by molar-refractivity contribution is -0.141. The third kappa shape index (κ3) is 5.74. The smallest absolute Gasteiger partial charge is 0.307 e. The topological polar surface area (TPSA) is 141 Å². The van der Waals surface area contributed by atoms with Crippen LogP contribution >= 0.6 is 0 Å². The monoisotopic (exact) mass is 669 g/mol. The van der Waals surface area contributed by atoms with Crippen molar-refractivity contribution in [3.8, 4) is 28.7 Å². The van der Waals surface area contributed by atoms with Gasteiger partial charge in [-0.25, -0.2) is 9.97 Å². The van der Waals surface area contributed by atoms with Crippen LogP contribution in [0.2, 0.25) is 0 Å². The van der Waals surface area contributed by atoms with Crippen LogP contribution in [0.5, 0.6) is 0 Å². The van der Waals surface area contributed by atoms with Crippen LogP contribution in [0.4, 0.5) is 5.69 Å². The molecule has 11 heteroatoms. The van der Waals surface area contributed by atoms with Crippen molar-refractivity contribution < 1.29 is 19.1 Å². The first-order valence-electron chi connectivity index (χ1n) is 17.3. The maximum Gasteiger partial charge on any atom is 0.307 e. The number of carbonyl (C=O) groups excluding carboxylic acids is 1. The van der Waals surface area contributed by atoms with Gasteiger partial charge in [0.05, 0.1) is 17.2 Å². The number of aliphatic carboxylic acids is 1. The van der Waals surface area contributed by atoms with Gasteiger partial charge < -0.3 is 19.4 Å². The first-order chi connectivity index (χ1) is 24.2. The summed E-state index contributed by atoms with van der Waals surface area (Å²) in [6, 6.07) is 18.5. The number of imidazole rings is 1. The van der Waals surface area contributed by atoms with E-state index in [1.165, 1.54) is 12.8 Å². The Labute approximate surface area is 290 Å². The van der Waals surface area contributed by atoms with E-state index in [9.17, 15) is 20.0 Å². The second-order valence-corrected chi connectivity index (χ2v) is 13.9. The number of anilines is 1. The molecule has 3 aliphatic rings.